The standard InChI is InChI=1S/C20H29N3O4/c1-22-12-16(21-15-22)13-23-9-8-18(24)19(25)14-26-10-4-5-11-27-20-7-3-2-6-17(20)23/h2-3,6-7,12,15,18-19,24-25H,4-5,8-11,13-14H2,1H3/t18-,19+/m0/s1. The number of aryl methyl sites for hydroxylation is 1. The van der Waals surface area contributed by atoms with Gasteiger partial charge in [-0.25, -0.2) is 4.98 Å². The molecule has 148 valence electrons. The monoisotopic (exact) mass is 375 g/mol. The lowest BCUT2D eigenvalue weighted by Gasteiger charge is -2.28. The van der Waals surface area contributed by atoms with Gasteiger partial charge in [0.05, 0.1) is 43.6 Å². The highest BCUT2D eigenvalue weighted by atomic mass is 16.5. The summed E-state index contributed by atoms with van der Waals surface area (Å²) >= 11 is 0. The molecule has 7 nitrogen and oxygen atoms in total. The van der Waals surface area contributed by atoms with Gasteiger partial charge < -0.3 is 29.2 Å². The lowest BCUT2D eigenvalue weighted by Crippen LogP contribution is -2.35. The molecule has 3 rings (SSSR count). The van der Waals surface area contributed by atoms with E-state index in [4.69, 9.17) is 9.47 Å². The molecule has 0 bridgehead atoms. The average molecular weight is 375 g/mol. The number of ether oxygens (including phenoxy) is 2. The molecule has 2 atom stereocenters. The molecule has 2 heterocycles. The molecule has 27 heavy (non-hydrogen) atoms. The van der Waals surface area contributed by atoms with E-state index in [0.29, 0.717) is 32.7 Å². The summed E-state index contributed by atoms with van der Waals surface area (Å²) < 4.78 is 13.4. The summed E-state index contributed by atoms with van der Waals surface area (Å²) in [6.07, 6.45) is 4.18. The lowest BCUT2D eigenvalue weighted by atomic mass is 10.1. The molecular formula is C20H29N3O4. The predicted molar refractivity (Wildman–Crippen MR) is 103 cm³/mol. The van der Waals surface area contributed by atoms with Crippen molar-refractivity contribution < 1.29 is 19.7 Å². The van der Waals surface area contributed by atoms with Crippen molar-refractivity contribution in [2.75, 3.05) is 31.3 Å². The Morgan fingerprint density at radius 2 is 1.96 bits per heavy atom. The summed E-state index contributed by atoms with van der Waals surface area (Å²) in [6, 6.07) is 7.93. The zero-order valence-corrected chi connectivity index (χ0v) is 15.8. The van der Waals surface area contributed by atoms with Gasteiger partial charge >= 0.3 is 0 Å². The van der Waals surface area contributed by atoms with Gasteiger partial charge in [0.25, 0.3) is 0 Å². The second-order valence-electron chi connectivity index (χ2n) is 6.97. The molecule has 0 fully saturated rings. The Bertz CT molecular complexity index is 706. The second-order valence-corrected chi connectivity index (χ2v) is 6.97. The van der Waals surface area contributed by atoms with Crippen LogP contribution in [0.1, 0.15) is 25.0 Å². The third-order valence-electron chi connectivity index (χ3n) is 4.69. The van der Waals surface area contributed by atoms with E-state index in [0.717, 1.165) is 30.0 Å². The first-order valence-electron chi connectivity index (χ1n) is 9.51. The highest BCUT2D eigenvalue weighted by Gasteiger charge is 2.20. The van der Waals surface area contributed by atoms with Crippen LogP contribution in [0, 0.1) is 0 Å². The van der Waals surface area contributed by atoms with Crippen LogP contribution in [0.2, 0.25) is 0 Å². The van der Waals surface area contributed by atoms with Crippen LogP contribution in [0.3, 0.4) is 0 Å². The molecule has 0 radical (unpaired) electrons. The number of aliphatic hydroxyl groups excluding tert-OH is 2. The SMILES string of the molecule is Cn1cnc(CN2CC[C@H](O)[C@H](O)COCCCCOc3ccccc32)c1. The van der Waals surface area contributed by atoms with E-state index >= 15 is 0 Å². The quantitative estimate of drug-likeness (QED) is 0.832. The van der Waals surface area contributed by atoms with Crippen molar-refractivity contribution in [1.82, 2.24) is 9.55 Å². The minimum atomic E-state index is -0.879. The Hall–Kier alpha value is -2.09. The van der Waals surface area contributed by atoms with Crippen LogP contribution in [0.4, 0.5) is 5.69 Å². The Morgan fingerprint density at radius 3 is 2.78 bits per heavy atom. The van der Waals surface area contributed by atoms with Crippen molar-refractivity contribution in [1.29, 1.82) is 0 Å². The molecular weight excluding hydrogens is 346 g/mol. The van der Waals surface area contributed by atoms with Crippen LogP contribution in [0.25, 0.3) is 0 Å². The fourth-order valence-corrected chi connectivity index (χ4v) is 3.15. The summed E-state index contributed by atoms with van der Waals surface area (Å²) in [5.41, 5.74) is 1.91. The van der Waals surface area contributed by atoms with Crippen LogP contribution >= 0.6 is 0 Å². The molecule has 0 amide bonds. The summed E-state index contributed by atoms with van der Waals surface area (Å²) in [6.45, 7) is 2.48. The molecule has 0 saturated carbocycles. The molecule has 0 unspecified atom stereocenters. The number of anilines is 1. The molecule has 0 aliphatic carbocycles. The van der Waals surface area contributed by atoms with Crippen LogP contribution in [0.5, 0.6) is 5.75 Å². The van der Waals surface area contributed by atoms with Gasteiger partial charge in [-0.2, -0.15) is 0 Å². The molecule has 1 aromatic carbocycles. The summed E-state index contributed by atoms with van der Waals surface area (Å²) in [5, 5.41) is 20.4. The Morgan fingerprint density at radius 1 is 1.15 bits per heavy atom. The fourth-order valence-electron chi connectivity index (χ4n) is 3.15. The fraction of sp³-hybridized carbons (Fsp3) is 0.550. The number of aromatic nitrogens is 2. The third-order valence-corrected chi connectivity index (χ3v) is 4.69. The Labute approximate surface area is 160 Å². The number of hydrogen-bond donors (Lipinski definition) is 2. The largest absolute Gasteiger partial charge is 0.491 e. The van der Waals surface area contributed by atoms with Crippen molar-refractivity contribution in [3.8, 4) is 5.75 Å². The highest BCUT2D eigenvalue weighted by Crippen LogP contribution is 2.30. The number of benzene rings is 1. The molecule has 0 spiro atoms. The number of hydrogen-bond acceptors (Lipinski definition) is 6. The molecule has 1 aromatic heterocycles. The molecule has 2 aromatic rings. The predicted octanol–water partition coefficient (Wildman–Crippen LogP) is 1.73. The maximum absolute atomic E-state index is 10.3. The van der Waals surface area contributed by atoms with Gasteiger partial charge in [0.1, 0.15) is 11.9 Å². The van der Waals surface area contributed by atoms with Crippen molar-refractivity contribution in [2.45, 2.75) is 38.0 Å². The summed E-state index contributed by atoms with van der Waals surface area (Å²) in [5.74, 6) is 0.821. The number of imidazole rings is 1. The van der Waals surface area contributed by atoms with E-state index in [1.807, 2.05) is 42.1 Å². The average Bonchev–Trinajstić information content (AvgIpc) is 3.08. The van der Waals surface area contributed by atoms with E-state index in [2.05, 4.69) is 9.88 Å². The van der Waals surface area contributed by atoms with Gasteiger partial charge in [-0.1, -0.05) is 12.1 Å². The maximum atomic E-state index is 10.3. The Kier molecular flexibility index (Phi) is 7.09. The van der Waals surface area contributed by atoms with Gasteiger partial charge in [-0.3, -0.25) is 0 Å². The molecule has 2 N–H and O–H groups in total. The van der Waals surface area contributed by atoms with Gasteiger partial charge in [-0.05, 0) is 31.4 Å². The first-order chi connectivity index (χ1) is 13.1. The zero-order valence-electron chi connectivity index (χ0n) is 15.8. The number of para-hydroxylation sites is 2. The smallest absolute Gasteiger partial charge is 0.142 e. The normalized spacial score (nSPS) is 22.6. The van der Waals surface area contributed by atoms with Gasteiger partial charge in [-0.15, -0.1) is 0 Å². The first kappa shape index (κ1) is 19.7. The van der Waals surface area contributed by atoms with Gasteiger partial charge in [0, 0.05) is 26.4 Å². The lowest BCUT2D eigenvalue weighted by molar-refractivity contribution is -0.0405. The van der Waals surface area contributed by atoms with E-state index in [9.17, 15) is 10.2 Å². The minimum absolute atomic E-state index is 0.152. The van der Waals surface area contributed by atoms with Crippen molar-refractivity contribution in [3.63, 3.8) is 0 Å². The van der Waals surface area contributed by atoms with Crippen molar-refractivity contribution in [2.24, 2.45) is 7.05 Å². The zero-order chi connectivity index (χ0) is 19.1. The van der Waals surface area contributed by atoms with Crippen LogP contribution in [0.15, 0.2) is 36.8 Å². The van der Waals surface area contributed by atoms with E-state index in [-0.39, 0.29) is 6.61 Å². The van der Waals surface area contributed by atoms with Crippen molar-refractivity contribution in [3.05, 3.63) is 42.5 Å². The number of aliphatic hydroxyl groups is 2. The third kappa shape index (κ3) is 5.69. The van der Waals surface area contributed by atoms with Crippen LogP contribution in [-0.2, 0) is 18.3 Å². The van der Waals surface area contributed by atoms with Gasteiger partial charge in [0.15, 0.2) is 0 Å². The molecule has 0 saturated heterocycles. The Balaban J connectivity index is 1.82. The highest BCUT2D eigenvalue weighted by molar-refractivity contribution is 5.58. The van der Waals surface area contributed by atoms with Gasteiger partial charge in [0.2, 0.25) is 0 Å². The number of rotatable bonds is 2. The van der Waals surface area contributed by atoms with Crippen molar-refractivity contribution >= 4 is 5.69 Å². The topological polar surface area (TPSA) is 80.0 Å². The maximum Gasteiger partial charge on any atom is 0.142 e. The van der Waals surface area contributed by atoms with E-state index in [1.54, 1.807) is 6.33 Å². The van der Waals surface area contributed by atoms with Crippen LogP contribution < -0.4 is 9.64 Å². The summed E-state index contributed by atoms with van der Waals surface area (Å²) in [4.78, 5) is 6.56. The minimum Gasteiger partial charge on any atom is -0.491 e. The van der Waals surface area contributed by atoms with E-state index in [1.165, 1.54) is 0 Å². The molecule has 1 aliphatic heterocycles. The van der Waals surface area contributed by atoms with Crippen LogP contribution in [-0.4, -0.2) is 58.3 Å². The molecule has 7 heteroatoms. The number of nitrogens with zero attached hydrogens (tertiary/aromatic N) is 3. The summed E-state index contributed by atoms with van der Waals surface area (Å²) in [7, 11) is 1.94. The van der Waals surface area contributed by atoms with E-state index < -0.39 is 12.2 Å². The number of fused-ring (bicyclic) bond motifs is 1. The molecule has 1 aliphatic rings. The second kappa shape index (κ2) is 9.73. The first-order valence-corrected chi connectivity index (χ1v) is 9.51.